The van der Waals surface area contributed by atoms with Crippen molar-refractivity contribution in [3.8, 4) is 0 Å². The topological polar surface area (TPSA) is 40.5 Å². The van der Waals surface area contributed by atoms with Crippen LogP contribution >= 0.6 is 12.4 Å². The van der Waals surface area contributed by atoms with Crippen LogP contribution < -0.4 is 0 Å². The molecule has 0 atom stereocenters. The molecular formula is C8H13ClF3NO2. The maximum atomic E-state index is 11.9. The first kappa shape index (κ1) is 14.5. The number of nitrogens with zero attached hydrogens (tertiary/aromatic N) is 1. The molecule has 0 spiro atoms. The van der Waals surface area contributed by atoms with E-state index >= 15 is 0 Å². The molecule has 0 bridgehead atoms. The molecule has 1 saturated heterocycles. The molecule has 0 aliphatic carbocycles. The van der Waals surface area contributed by atoms with Crippen molar-refractivity contribution in [2.75, 3.05) is 19.6 Å². The molecule has 15 heavy (non-hydrogen) atoms. The highest BCUT2D eigenvalue weighted by atomic mass is 35.5. The van der Waals surface area contributed by atoms with E-state index in [-0.39, 0.29) is 25.5 Å². The summed E-state index contributed by atoms with van der Waals surface area (Å²) in [5.74, 6) is -1.38. The summed E-state index contributed by atoms with van der Waals surface area (Å²) in [5, 5.41) is 8.62. The molecule has 1 aliphatic rings. The number of aliphatic carboxylic acids is 1. The second-order valence-electron chi connectivity index (χ2n) is 3.50. The molecule has 0 aromatic carbocycles. The minimum absolute atomic E-state index is 0. The quantitative estimate of drug-likeness (QED) is 0.809. The summed E-state index contributed by atoms with van der Waals surface area (Å²) in [7, 11) is 0. The third kappa shape index (κ3) is 5.22. The van der Waals surface area contributed by atoms with Crippen molar-refractivity contribution in [2.24, 2.45) is 5.92 Å². The average molecular weight is 248 g/mol. The van der Waals surface area contributed by atoms with E-state index in [1.807, 2.05) is 0 Å². The highest BCUT2D eigenvalue weighted by Gasteiger charge is 2.33. The van der Waals surface area contributed by atoms with Crippen molar-refractivity contribution < 1.29 is 23.1 Å². The summed E-state index contributed by atoms with van der Waals surface area (Å²) >= 11 is 0. The molecule has 0 radical (unpaired) electrons. The largest absolute Gasteiger partial charge is 0.481 e. The summed E-state index contributed by atoms with van der Waals surface area (Å²) in [4.78, 5) is 11.8. The van der Waals surface area contributed by atoms with Crippen LogP contribution in [0.5, 0.6) is 0 Å². The first-order valence-corrected chi connectivity index (χ1v) is 4.40. The van der Waals surface area contributed by atoms with Gasteiger partial charge in [0.2, 0.25) is 0 Å². The monoisotopic (exact) mass is 247 g/mol. The smallest absolute Gasteiger partial charge is 0.401 e. The molecule has 1 rings (SSSR count). The number of likely N-dealkylation sites (tertiary alicyclic amines) is 1. The zero-order valence-electron chi connectivity index (χ0n) is 7.96. The van der Waals surface area contributed by atoms with Gasteiger partial charge in [-0.3, -0.25) is 9.69 Å². The van der Waals surface area contributed by atoms with E-state index in [1.165, 1.54) is 4.90 Å². The van der Waals surface area contributed by atoms with Gasteiger partial charge in [0.05, 0.1) is 12.5 Å². The first-order chi connectivity index (χ1) is 6.38. The second kappa shape index (κ2) is 5.55. The number of hydrogen-bond donors (Lipinski definition) is 1. The van der Waals surface area contributed by atoms with Gasteiger partial charge in [0, 0.05) is 0 Å². The number of rotatable bonds is 2. The van der Waals surface area contributed by atoms with Crippen LogP contribution in [0.4, 0.5) is 13.2 Å². The fourth-order valence-corrected chi connectivity index (χ4v) is 1.59. The lowest BCUT2D eigenvalue weighted by Gasteiger charge is -2.30. The second-order valence-corrected chi connectivity index (χ2v) is 3.50. The van der Waals surface area contributed by atoms with E-state index in [4.69, 9.17) is 5.11 Å². The number of piperidine rings is 1. The summed E-state index contributed by atoms with van der Waals surface area (Å²) < 4.78 is 35.8. The van der Waals surface area contributed by atoms with Gasteiger partial charge < -0.3 is 5.11 Å². The van der Waals surface area contributed by atoms with Crippen LogP contribution in [-0.2, 0) is 4.79 Å². The van der Waals surface area contributed by atoms with Crippen LogP contribution in [0.15, 0.2) is 0 Å². The van der Waals surface area contributed by atoms with E-state index in [0.29, 0.717) is 12.8 Å². The van der Waals surface area contributed by atoms with Crippen molar-refractivity contribution in [2.45, 2.75) is 19.0 Å². The fraction of sp³-hybridized carbons (Fsp3) is 0.875. The third-order valence-electron chi connectivity index (χ3n) is 2.34. The van der Waals surface area contributed by atoms with Gasteiger partial charge in [-0.15, -0.1) is 12.4 Å². The maximum Gasteiger partial charge on any atom is 0.401 e. The minimum atomic E-state index is -4.18. The predicted molar refractivity (Wildman–Crippen MR) is 50.1 cm³/mol. The van der Waals surface area contributed by atoms with E-state index in [2.05, 4.69) is 0 Å². The summed E-state index contributed by atoms with van der Waals surface area (Å²) in [6, 6.07) is 0. The lowest BCUT2D eigenvalue weighted by Crippen LogP contribution is -2.41. The number of carboxylic acids is 1. The molecule has 0 aromatic rings. The summed E-state index contributed by atoms with van der Waals surface area (Å²) in [5.41, 5.74) is 0. The van der Waals surface area contributed by atoms with E-state index in [0.717, 1.165) is 0 Å². The molecule has 0 amide bonds. The van der Waals surface area contributed by atoms with Crippen molar-refractivity contribution in [1.82, 2.24) is 4.90 Å². The normalized spacial score (nSPS) is 19.7. The zero-order chi connectivity index (χ0) is 10.8. The maximum absolute atomic E-state index is 11.9. The number of alkyl halides is 3. The first-order valence-electron chi connectivity index (χ1n) is 4.40. The van der Waals surface area contributed by atoms with Crippen LogP contribution in [0.1, 0.15) is 12.8 Å². The Morgan fingerprint density at radius 3 is 2.13 bits per heavy atom. The highest BCUT2D eigenvalue weighted by Crippen LogP contribution is 2.22. The van der Waals surface area contributed by atoms with Gasteiger partial charge >= 0.3 is 12.1 Å². The molecule has 1 fully saturated rings. The Bertz CT molecular complexity index is 214. The number of carboxylic acid groups (broad SMARTS) is 1. The Labute approximate surface area is 91.7 Å². The minimum Gasteiger partial charge on any atom is -0.481 e. The average Bonchev–Trinajstić information content (AvgIpc) is 2.02. The lowest BCUT2D eigenvalue weighted by molar-refractivity contribution is -0.152. The van der Waals surface area contributed by atoms with Crippen molar-refractivity contribution in [3.05, 3.63) is 0 Å². The molecule has 90 valence electrons. The van der Waals surface area contributed by atoms with Gasteiger partial charge in [0.1, 0.15) is 0 Å². The molecule has 0 aromatic heterocycles. The number of carbonyl (C=O) groups is 1. The van der Waals surface area contributed by atoms with Crippen LogP contribution in [0.25, 0.3) is 0 Å². The summed E-state index contributed by atoms with van der Waals surface area (Å²) in [6.07, 6.45) is -3.56. The Balaban J connectivity index is 0.00000196. The molecule has 0 unspecified atom stereocenters. The van der Waals surface area contributed by atoms with Gasteiger partial charge in [-0.25, -0.2) is 0 Å². The molecular weight excluding hydrogens is 235 g/mol. The van der Waals surface area contributed by atoms with Gasteiger partial charge in [-0.05, 0) is 25.9 Å². The van der Waals surface area contributed by atoms with Gasteiger partial charge in [0.25, 0.3) is 0 Å². The fourth-order valence-electron chi connectivity index (χ4n) is 1.59. The van der Waals surface area contributed by atoms with Gasteiger partial charge in [0.15, 0.2) is 0 Å². The van der Waals surface area contributed by atoms with Gasteiger partial charge in [-0.1, -0.05) is 0 Å². The number of hydrogen-bond acceptors (Lipinski definition) is 2. The number of halogens is 4. The molecule has 3 nitrogen and oxygen atoms in total. The Hall–Kier alpha value is -0.490. The SMILES string of the molecule is Cl.O=C(O)C1CCN(CC(F)(F)F)CC1. The van der Waals surface area contributed by atoms with E-state index in [1.54, 1.807) is 0 Å². The van der Waals surface area contributed by atoms with E-state index in [9.17, 15) is 18.0 Å². The van der Waals surface area contributed by atoms with Crippen LogP contribution in [0, 0.1) is 5.92 Å². The zero-order valence-corrected chi connectivity index (χ0v) is 8.77. The standard InChI is InChI=1S/C8H12F3NO2.ClH/c9-8(10,11)5-12-3-1-6(2-4-12)7(13)14;/h6H,1-5H2,(H,13,14);1H. The molecule has 0 saturated carbocycles. The highest BCUT2D eigenvalue weighted by molar-refractivity contribution is 5.85. The predicted octanol–water partition coefficient (Wildman–Crippen LogP) is 1.77. The summed E-state index contributed by atoms with van der Waals surface area (Å²) in [6.45, 7) is -0.494. The Kier molecular flexibility index (Phi) is 5.37. The molecule has 1 aliphatic heterocycles. The Morgan fingerprint density at radius 2 is 1.80 bits per heavy atom. The molecule has 1 N–H and O–H groups in total. The van der Waals surface area contributed by atoms with Crippen LogP contribution in [0.3, 0.4) is 0 Å². The Morgan fingerprint density at radius 1 is 1.33 bits per heavy atom. The van der Waals surface area contributed by atoms with Crippen LogP contribution in [-0.4, -0.2) is 41.8 Å². The van der Waals surface area contributed by atoms with E-state index < -0.39 is 24.6 Å². The van der Waals surface area contributed by atoms with Crippen molar-refractivity contribution in [1.29, 1.82) is 0 Å². The third-order valence-corrected chi connectivity index (χ3v) is 2.34. The lowest BCUT2D eigenvalue weighted by atomic mass is 9.97. The van der Waals surface area contributed by atoms with Crippen molar-refractivity contribution in [3.63, 3.8) is 0 Å². The molecule has 1 heterocycles. The van der Waals surface area contributed by atoms with Gasteiger partial charge in [-0.2, -0.15) is 13.2 Å². The van der Waals surface area contributed by atoms with Crippen molar-refractivity contribution >= 4 is 18.4 Å². The van der Waals surface area contributed by atoms with Crippen LogP contribution in [0.2, 0.25) is 0 Å². The molecule has 7 heteroatoms.